The highest BCUT2D eigenvalue weighted by Crippen LogP contribution is 2.41. The van der Waals surface area contributed by atoms with Gasteiger partial charge in [-0.3, -0.25) is 9.69 Å². The molecule has 13 heteroatoms. The first-order chi connectivity index (χ1) is 15.8. The Kier molecular flexibility index (Phi) is 5.88. The quantitative estimate of drug-likeness (QED) is 0.603. The number of alkyl halides is 3. The standard InChI is InChI=1S/C21H27F3N8O2/c1-10(2)20(34)18(33)29-16-11(3)28-19(30-17(16)31(20)4)32(13-6-5-12(25)7-13)15-9-26-14(8-27-15)21(22,23)24/h8-10,12-13,34H,5-7,25H2,1-4H3,(H,29,33)/t12-,13+,20+/m1/s1. The predicted octanol–water partition coefficient (Wildman–Crippen LogP) is 2.34. The number of aliphatic hydroxyl groups is 1. The molecule has 4 rings (SSSR count). The van der Waals surface area contributed by atoms with Crippen LogP contribution in [-0.2, 0) is 11.0 Å². The highest BCUT2D eigenvalue weighted by atomic mass is 19.4. The van der Waals surface area contributed by atoms with Crippen LogP contribution in [0.3, 0.4) is 0 Å². The van der Waals surface area contributed by atoms with Crippen molar-refractivity contribution < 1.29 is 23.1 Å². The number of aryl methyl sites for hydroxylation is 1. The second kappa shape index (κ2) is 8.31. The topological polar surface area (TPSA) is 133 Å². The smallest absolute Gasteiger partial charge is 0.363 e. The lowest BCUT2D eigenvalue weighted by atomic mass is 9.94. The van der Waals surface area contributed by atoms with Gasteiger partial charge in [-0.1, -0.05) is 13.8 Å². The number of anilines is 4. The van der Waals surface area contributed by atoms with Crippen LogP contribution in [-0.4, -0.2) is 55.8 Å². The van der Waals surface area contributed by atoms with Gasteiger partial charge in [0.05, 0.1) is 18.1 Å². The van der Waals surface area contributed by atoms with E-state index in [-0.39, 0.29) is 29.7 Å². The maximum absolute atomic E-state index is 13.0. The van der Waals surface area contributed by atoms with Crippen LogP contribution in [0.5, 0.6) is 0 Å². The highest BCUT2D eigenvalue weighted by Gasteiger charge is 2.49. The van der Waals surface area contributed by atoms with Gasteiger partial charge >= 0.3 is 6.18 Å². The summed E-state index contributed by atoms with van der Waals surface area (Å²) in [6.45, 7) is 5.09. The number of aromatic nitrogens is 4. The lowest BCUT2D eigenvalue weighted by Crippen LogP contribution is -2.62. The molecular weight excluding hydrogens is 453 g/mol. The summed E-state index contributed by atoms with van der Waals surface area (Å²) in [5.74, 6) is -0.463. The third-order valence-electron chi connectivity index (χ3n) is 6.47. The molecule has 1 aliphatic heterocycles. The van der Waals surface area contributed by atoms with Crippen molar-refractivity contribution in [1.82, 2.24) is 19.9 Å². The fourth-order valence-electron chi connectivity index (χ4n) is 4.48. The van der Waals surface area contributed by atoms with Crippen LogP contribution < -0.4 is 20.9 Å². The number of fused-ring (bicyclic) bond motifs is 1. The normalized spacial score (nSPS) is 24.9. The minimum absolute atomic E-state index is 0.0818. The van der Waals surface area contributed by atoms with Gasteiger partial charge in [0.25, 0.3) is 5.91 Å². The predicted molar refractivity (Wildman–Crippen MR) is 118 cm³/mol. The molecule has 1 saturated carbocycles. The highest BCUT2D eigenvalue weighted by molar-refractivity contribution is 6.05. The van der Waals surface area contributed by atoms with E-state index in [1.807, 2.05) is 0 Å². The maximum Gasteiger partial charge on any atom is 0.434 e. The van der Waals surface area contributed by atoms with E-state index in [1.165, 1.54) is 4.90 Å². The summed E-state index contributed by atoms with van der Waals surface area (Å²) >= 11 is 0. The van der Waals surface area contributed by atoms with Gasteiger partial charge < -0.3 is 21.1 Å². The van der Waals surface area contributed by atoms with Crippen molar-refractivity contribution in [2.45, 2.75) is 64.0 Å². The Labute approximate surface area is 194 Å². The molecule has 184 valence electrons. The van der Waals surface area contributed by atoms with Gasteiger partial charge in [0.15, 0.2) is 17.3 Å². The molecule has 10 nitrogen and oxygen atoms in total. The van der Waals surface area contributed by atoms with E-state index in [4.69, 9.17) is 5.73 Å². The Morgan fingerprint density at radius 3 is 2.50 bits per heavy atom. The number of carbonyl (C=O) groups excluding carboxylic acids is 1. The number of rotatable bonds is 4. The first kappa shape index (κ1) is 24.1. The van der Waals surface area contributed by atoms with Crippen molar-refractivity contribution in [3.63, 3.8) is 0 Å². The van der Waals surface area contributed by atoms with Gasteiger partial charge in [-0.15, -0.1) is 0 Å². The molecule has 2 aliphatic rings. The molecule has 0 radical (unpaired) electrons. The fourth-order valence-corrected chi connectivity index (χ4v) is 4.48. The van der Waals surface area contributed by atoms with Gasteiger partial charge in [-0.2, -0.15) is 18.2 Å². The van der Waals surface area contributed by atoms with Crippen molar-refractivity contribution in [3.8, 4) is 0 Å². The van der Waals surface area contributed by atoms with Crippen molar-refractivity contribution >= 4 is 29.2 Å². The van der Waals surface area contributed by atoms with E-state index in [0.29, 0.717) is 30.4 Å². The van der Waals surface area contributed by atoms with Crippen LogP contribution in [0.2, 0.25) is 0 Å². The molecule has 0 unspecified atom stereocenters. The minimum atomic E-state index is -4.62. The van der Waals surface area contributed by atoms with Gasteiger partial charge in [-0.05, 0) is 26.2 Å². The third kappa shape index (κ3) is 3.92. The number of nitrogens with two attached hydrogens (primary N) is 1. The summed E-state index contributed by atoms with van der Waals surface area (Å²) in [6.07, 6.45) is -0.959. The van der Waals surface area contributed by atoms with E-state index in [1.54, 1.807) is 32.7 Å². The summed E-state index contributed by atoms with van der Waals surface area (Å²) in [4.78, 5) is 32.4. The van der Waals surface area contributed by atoms with E-state index in [0.717, 1.165) is 12.6 Å². The van der Waals surface area contributed by atoms with Gasteiger partial charge in [-0.25, -0.2) is 15.0 Å². The van der Waals surface area contributed by atoms with Crippen LogP contribution in [0, 0.1) is 12.8 Å². The van der Waals surface area contributed by atoms with Crippen LogP contribution in [0.4, 0.5) is 36.4 Å². The minimum Gasteiger partial charge on any atom is -0.363 e. The molecule has 0 aromatic carbocycles. The number of likely N-dealkylation sites (N-methyl/N-ethyl adjacent to an activating group) is 1. The molecule has 1 aliphatic carbocycles. The first-order valence-corrected chi connectivity index (χ1v) is 10.9. The SMILES string of the molecule is Cc1nc(N(c2cnc(C(F)(F)F)cn2)[C@H]2CC[C@@H](N)C2)nc2c1NC(=O)[C@@](O)(C(C)C)N2C. The average molecular weight is 480 g/mol. The van der Waals surface area contributed by atoms with E-state index < -0.39 is 29.4 Å². The summed E-state index contributed by atoms with van der Waals surface area (Å²) in [6, 6.07) is -0.299. The second-order valence-electron chi connectivity index (χ2n) is 9.06. The zero-order valence-corrected chi connectivity index (χ0v) is 19.3. The van der Waals surface area contributed by atoms with Crippen molar-refractivity contribution in [1.29, 1.82) is 0 Å². The molecule has 1 fully saturated rings. The van der Waals surface area contributed by atoms with Crippen molar-refractivity contribution in [3.05, 3.63) is 23.8 Å². The number of hydrogen-bond donors (Lipinski definition) is 3. The van der Waals surface area contributed by atoms with Crippen molar-refractivity contribution in [2.24, 2.45) is 11.7 Å². The molecule has 2 aromatic heterocycles. The molecule has 0 spiro atoms. The van der Waals surface area contributed by atoms with Crippen LogP contribution in [0.25, 0.3) is 0 Å². The van der Waals surface area contributed by atoms with Crippen molar-refractivity contribution in [2.75, 3.05) is 22.2 Å². The molecule has 2 aromatic rings. The summed E-state index contributed by atoms with van der Waals surface area (Å²) in [5, 5.41) is 13.8. The molecule has 3 atom stereocenters. The van der Waals surface area contributed by atoms with Gasteiger partial charge in [0.2, 0.25) is 11.7 Å². The Balaban J connectivity index is 1.83. The number of halogens is 3. The number of amides is 1. The molecule has 4 N–H and O–H groups in total. The summed E-state index contributed by atoms with van der Waals surface area (Å²) < 4.78 is 39.1. The largest absolute Gasteiger partial charge is 0.434 e. The molecule has 0 saturated heterocycles. The van der Waals surface area contributed by atoms with Gasteiger partial charge in [0.1, 0.15) is 5.69 Å². The van der Waals surface area contributed by atoms with Crippen LogP contribution >= 0.6 is 0 Å². The number of carbonyl (C=O) groups is 1. The lowest BCUT2D eigenvalue weighted by molar-refractivity contribution is -0.141. The molecular formula is C21H27F3N8O2. The van der Waals surface area contributed by atoms with E-state index >= 15 is 0 Å². The molecule has 1 amide bonds. The van der Waals surface area contributed by atoms with E-state index in [2.05, 4.69) is 25.3 Å². The second-order valence-corrected chi connectivity index (χ2v) is 9.06. The first-order valence-electron chi connectivity index (χ1n) is 10.9. The third-order valence-corrected chi connectivity index (χ3v) is 6.47. The lowest BCUT2D eigenvalue weighted by Gasteiger charge is -2.44. The Morgan fingerprint density at radius 1 is 1.26 bits per heavy atom. The van der Waals surface area contributed by atoms with Crippen LogP contribution in [0.1, 0.15) is 44.5 Å². The number of hydrogen-bond acceptors (Lipinski definition) is 9. The maximum atomic E-state index is 13.0. The molecule has 0 bridgehead atoms. The monoisotopic (exact) mass is 480 g/mol. The average Bonchev–Trinajstić information content (AvgIpc) is 3.18. The fraction of sp³-hybridized carbons (Fsp3) is 0.571. The van der Waals surface area contributed by atoms with Crippen LogP contribution in [0.15, 0.2) is 12.4 Å². The number of nitrogens with zero attached hydrogens (tertiary/aromatic N) is 6. The zero-order chi connectivity index (χ0) is 25.0. The van der Waals surface area contributed by atoms with Gasteiger partial charge in [0, 0.05) is 25.0 Å². The Bertz CT molecular complexity index is 1090. The number of nitrogens with one attached hydrogen (secondary N) is 1. The zero-order valence-electron chi connectivity index (χ0n) is 19.3. The summed E-state index contributed by atoms with van der Waals surface area (Å²) in [7, 11) is 1.56. The molecule has 3 heterocycles. The summed E-state index contributed by atoms with van der Waals surface area (Å²) in [5.41, 5.74) is 3.93. The van der Waals surface area contributed by atoms with E-state index in [9.17, 15) is 23.1 Å². The Morgan fingerprint density at radius 2 is 1.97 bits per heavy atom. The molecule has 34 heavy (non-hydrogen) atoms. The Hall–Kier alpha value is -3.06.